The van der Waals surface area contributed by atoms with Gasteiger partial charge in [-0.25, -0.2) is 0 Å². The number of rotatable bonds is 43. The first kappa shape index (κ1) is 54.1. The van der Waals surface area contributed by atoms with Crippen molar-refractivity contribution in [3.05, 3.63) is 36.5 Å². The van der Waals surface area contributed by atoms with E-state index in [0.29, 0.717) is 19.3 Å². The Morgan fingerprint density at radius 2 is 0.964 bits per heavy atom. The van der Waals surface area contributed by atoms with Crippen molar-refractivity contribution in [3.8, 4) is 0 Å². The predicted molar refractivity (Wildman–Crippen MR) is 241 cm³/mol. The van der Waals surface area contributed by atoms with Gasteiger partial charge in [-0.05, 0) is 44.9 Å². The van der Waals surface area contributed by atoms with Gasteiger partial charge >= 0.3 is 5.97 Å². The summed E-state index contributed by atoms with van der Waals surface area (Å²) >= 11 is 0. The van der Waals surface area contributed by atoms with Gasteiger partial charge in [0, 0.05) is 6.42 Å². The number of ether oxygens (including phenoxy) is 1. The van der Waals surface area contributed by atoms with Gasteiger partial charge in [0.2, 0.25) is 5.91 Å². The fraction of sp³-hybridized carbons (Fsp3) is 0.840. The van der Waals surface area contributed by atoms with E-state index in [1.165, 1.54) is 122 Å². The van der Waals surface area contributed by atoms with Crippen LogP contribution in [0.3, 0.4) is 0 Å². The van der Waals surface area contributed by atoms with E-state index in [0.717, 1.165) is 77.0 Å². The summed E-state index contributed by atoms with van der Waals surface area (Å²) in [6.45, 7) is 6.34. The molecule has 0 saturated heterocycles. The van der Waals surface area contributed by atoms with Crippen molar-refractivity contribution in [1.82, 2.24) is 5.32 Å². The lowest BCUT2D eigenvalue weighted by atomic mass is 10.0. The number of amides is 1. The van der Waals surface area contributed by atoms with E-state index in [2.05, 4.69) is 62.5 Å². The summed E-state index contributed by atoms with van der Waals surface area (Å²) in [5, 5.41) is 23.7. The van der Waals surface area contributed by atoms with Gasteiger partial charge in [-0.15, -0.1) is 0 Å². The molecule has 0 rings (SSSR count). The summed E-state index contributed by atoms with van der Waals surface area (Å²) in [6, 6.07) is -0.701. The minimum atomic E-state index is -0.786. The van der Waals surface area contributed by atoms with Crippen LogP contribution in [0.4, 0.5) is 0 Å². The van der Waals surface area contributed by atoms with E-state index in [4.69, 9.17) is 4.74 Å². The maximum Gasteiger partial charge on any atom is 0.306 e. The summed E-state index contributed by atoms with van der Waals surface area (Å²) in [4.78, 5) is 26.0. The van der Waals surface area contributed by atoms with Crippen molar-refractivity contribution in [3.63, 3.8) is 0 Å². The molecule has 0 radical (unpaired) electrons. The number of unbranched alkanes of at least 4 members (excludes halogenated alkanes) is 27. The zero-order valence-electron chi connectivity index (χ0n) is 37.3. The maximum atomic E-state index is 13.1. The number of nitrogens with one attached hydrogen (secondary N) is 1. The number of aliphatic hydroxyl groups excluding tert-OH is 2. The van der Waals surface area contributed by atoms with Gasteiger partial charge < -0.3 is 20.3 Å². The van der Waals surface area contributed by atoms with Crippen molar-refractivity contribution >= 4 is 11.9 Å². The van der Waals surface area contributed by atoms with Crippen LogP contribution in [-0.4, -0.2) is 46.9 Å². The Labute approximate surface area is 347 Å². The van der Waals surface area contributed by atoms with E-state index in [1.54, 1.807) is 0 Å². The van der Waals surface area contributed by atoms with E-state index in [-0.39, 0.29) is 24.9 Å². The van der Waals surface area contributed by atoms with Gasteiger partial charge in [0.05, 0.1) is 25.2 Å². The van der Waals surface area contributed by atoms with E-state index >= 15 is 0 Å². The van der Waals surface area contributed by atoms with Crippen molar-refractivity contribution < 1.29 is 24.5 Å². The Hall–Kier alpha value is -1.92. The fourth-order valence-electron chi connectivity index (χ4n) is 7.37. The highest BCUT2D eigenvalue weighted by Crippen LogP contribution is 2.18. The molecule has 0 saturated carbocycles. The minimum absolute atomic E-state index is 0.0727. The SMILES string of the molecule is CC/C=C/C=C/C=C\CCCCCCCC(=O)OC(CCCCCCCCCCCCCCCC)CC(=O)NC(CO)C(O)CCCCCCCCCCCC. The molecule has 328 valence electrons. The molecule has 3 atom stereocenters. The topological polar surface area (TPSA) is 95.9 Å². The molecule has 3 unspecified atom stereocenters. The lowest BCUT2D eigenvalue weighted by Crippen LogP contribution is -2.46. The summed E-state index contributed by atoms with van der Waals surface area (Å²) in [6.07, 6.45) is 50.6. The van der Waals surface area contributed by atoms with Gasteiger partial charge in [-0.1, -0.05) is 224 Å². The Bertz CT molecular complexity index is 930. The lowest BCUT2D eigenvalue weighted by molar-refractivity contribution is -0.151. The molecule has 56 heavy (non-hydrogen) atoms. The van der Waals surface area contributed by atoms with Crippen LogP contribution < -0.4 is 5.32 Å². The van der Waals surface area contributed by atoms with Crippen molar-refractivity contribution in [2.45, 2.75) is 264 Å². The number of hydrogen-bond acceptors (Lipinski definition) is 5. The average Bonchev–Trinajstić information content (AvgIpc) is 3.19. The maximum absolute atomic E-state index is 13.1. The first-order valence-corrected chi connectivity index (χ1v) is 24.2. The molecule has 0 aliphatic rings. The molecule has 0 aliphatic carbocycles. The Balaban J connectivity index is 4.60. The highest BCUT2D eigenvalue weighted by atomic mass is 16.5. The minimum Gasteiger partial charge on any atom is -0.462 e. The number of allylic oxidation sites excluding steroid dienone is 6. The summed E-state index contributed by atoms with van der Waals surface area (Å²) < 4.78 is 5.91. The van der Waals surface area contributed by atoms with Crippen LogP contribution in [0.25, 0.3) is 0 Å². The van der Waals surface area contributed by atoms with Gasteiger partial charge in [0.15, 0.2) is 0 Å². The van der Waals surface area contributed by atoms with Crippen molar-refractivity contribution in [2.75, 3.05) is 6.61 Å². The Morgan fingerprint density at radius 1 is 0.536 bits per heavy atom. The van der Waals surface area contributed by atoms with Crippen LogP contribution >= 0.6 is 0 Å². The molecule has 0 aromatic heterocycles. The van der Waals surface area contributed by atoms with Crippen molar-refractivity contribution in [1.29, 1.82) is 0 Å². The monoisotopic (exact) mass is 788 g/mol. The van der Waals surface area contributed by atoms with Crippen LogP contribution in [0.2, 0.25) is 0 Å². The lowest BCUT2D eigenvalue weighted by Gasteiger charge is -2.24. The van der Waals surface area contributed by atoms with Crippen LogP contribution in [0.5, 0.6) is 0 Å². The molecule has 0 heterocycles. The second-order valence-corrected chi connectivity index (χ2v) is 16.6. The smallest absolute Gasteiger partial charge is 0.306 e. The fourth-order valence-corrected chi connectivity index (χ4v) is 7.37. The first-order chi connectivity index (χ1) is 27.5. The predicted octanol–water partition coefficient (Wildman–Crippen LogP) is 14.1. The number of aliphatic hydroxyl groups is 2. The quantitative estimate of drug-likeness (QED) is 0.0325. The molecule has 0 aromatic rings. The molecule has 1 amide bonds. The highest BCUT2D eigenvalue weighted by molar-refractivity contribution is 5.77. The molecule has 0 bridgehead atoms. The number of carbonyl (C=O) groups excluding carboxylic acids is 2. The molecule has 0 aromatic carbocycles. The second kappa shape index (κ2) is 44.2. The Kier molecular flexibility index (Phi) is 42.7. The van der Waals surface area contributed by atoms with Crippen LogP contribution in [0.15, 0.2) is 36.5 Å². The zero-order chi connectivity index (χ0) is 41.0. The third-order valence-corrected chi connectivity index (χ3v) is 11.0. The molecule has 0 spiro atoms. The van der Waals surface area contributed by atoms with Gasteiger partial charge in [-0.2, -0.15) is 0 Å². The van der Waals surface area contributed by atoms with Gasteiger partial charge in [-0.3, -0.25) is 9.59 Å². The highest BCUT2D eigenvalue weighted by Gasteiger charge is 2.24. The largest absolute Gasteiger partial charge is 0.462 e. The number of carbonyl (C=O) groups is 2. The van der Waals surface area contributed by atoms with Crippen LogP contribution in [-0.2, 0) is 14.3 Å². The molecule has 6 nitrogen and oxygen atoms in total. The molecule has 0 fully saturated rings. The third kappa shape index (κ3) is 38.9. The first-order valence-electron chi connectivity index (χ1n) is 24.2. The number of hydrogen-bond donors (Lipinski definition) is 3. The van der Waals surface area contributed by atoms with E-state index < -0.39 is 18.2 Å². The summed E-state index contributed by atoms with van der Waals surface area (Å²) in [5.74, 6) is -0.490. The van der Waals surface area contributed by atoms with E-state index in [9.17, 15) is 19.8 Å². The molecule has 3 N–H and O–H groups in total. The standard InChI is InChI=1S/C50H93NO5/c1-4-7-10-13-16-19-22-24-26-27-29-32-35-38-41-46(56-50(55)43-40-37-34-31-28-25-23-20-17-14-11-8-5-2)44-49(54)51-47(45-52)48(53)42-39-36-33-30-21-18-15-12-9-6-3/h8,11,14,17,20,23,46-48,52-53H,4-7,9-10,12-13,15-16,18-19,21-22,24-45H2,1-3H3,(H,51,54)/b11-8+,17-14+,23-20-. The molecular formula is C50H93NO5. The number of esters is 1. The van der Waals surface area contributed by atoms with Crippen LogP contribution in [0, 0.1) is 0 Å². The molecular weight excluding hydrogens is 695 g/mol. The van der Waals surface area contributed by atoms with Crippen LogP contribution in [0.1, 0.15) is 245 Å². The van der Waals surface area contributed by atoms with Gasteiger partial charge in [0.25, 0.3) is 0 Å². The third-order valence-electron chi connectivity index (χ3n) is 11.0. The molecule has 0 aliphatic heterocycles. The average molecular weight is 788 g/mol. The molecule has 6 heteroatoms. The zero-order valence-corrected chi connectivity index (χ0v) is 37.3. The second-order valence-electron chi connectivity index (χ2n) is 16.6. The normalized spacial score (nSPS) is 13.6. The van der Waals surface area contributed by atoms with Gasteiger partial charge in [0.1, 0.15) is 6.10 Å². The van der Waals surface area contributed by atoms with Crippen molar-refractivity contribution in [2.24, 2.45) is 0 Å². The summed E-state index contributed by atoms with van der Waals surface area (Å²) in [5.41, 5.74) is 0. The summed E-state index contributed by atoms with van der Waals surface area (Å²) in [7, 11) is 0. The Morgan fingerprint density at radius 3 is 1.45 bits per heavy atom. The van der Waals surface area contributed by atoms with E-state index in [1.807, 2.05) is 0 Å².